The van der Waals surface area contributed by atoms with Gasteiger partial charge in [-0.2, -0.15) is 0 Å². The first kappa shape index (κ1) is 27.2. The molecule has 0 spiro atoms. The van der Waals surface area contributed by atoms with Crippen LogP contribution in [-0.4, -0.2) is 59.3 Å². The number of amides is 1. The molecule has 1 fully saturated rings. The van der Waals surface area contributed by atoms with Gasteiger partial charge in [0.2, 0.25) is 18.3 Å². The summed E-state index contributed by atoms with van der Waals surface area (Å²) in [7, 11) is 0. The summed E-state index contributed by atoms with van der Waals surface area (Å²) in [5.41, 5.74) is 1.24. The zero-order chi connectivity index (χ0) is 26.2. The van der Waals surface area contributed by atoms with Crippen molar-refractivity contribution in [2.24, 2.45) is 5.92 Å². The zero-order valence-corrected chi connectivity index (χ0v) is 22.7. The predicted octanol–water partition coefficient (Wildman–Crippen LogP) is 4.89. The molecular formula is C30H43N3O4. The third kappa shape index (κ3) is 7.37. The molecule has 1 aromatic carbocycles. The number of unbranched alkanes of at least 4 members (excludes halogenated alkanes) is 1. The lowest BCUT2D eigenvalue weighted by Gasteiger charge is -2.29. The van der Waals surface area contributed by atoms with Gasteiger partial charge in [0.05, 0.1) is 6.54 Å². The Bertz CT molecular complexity index is 1080. The number of pyridine rings is 1. The van der Waals surface area contributed by atoms with Gasteiger partial charge in [-0.1, -0.05) is 39.3 Å². The highest BCUT2D eigenvalue weighted by Gasteiger charge is 2.35. The van der Waals surface area contributed by atoms with E-state index in [-0.39, 0.29) is 24.3 Å². The molecular weight excluding hydrogens is 466 g/mol. The van der Waals surface area contributed by atoms with Crippen molar-refractivity contribution >= 4 is 5.91 Å². The first-order valence-corrected chi connectivity index (χ1v) is 14.0. The second-order valence-electron chi connectivity index (χ2n) is 10.9. The average Bonchev–Trinajstić information content (AvgIpc) is 3.51. The molecule has 0 aliphatic carbocycles. The molecule has 1 aromatic heterocycles. The third-order valence-electron chi connectivity index (χ3n) is 7.68. The van der Waals surface area contributed by atoms with Crippen LogP contribution in [0.1, 0.15) is 70.8 Å². The van der Waals surface area contributed by atoms with Crippen molar-refractivity contribution in [1.82, 2.24) is 14.4 Å². The summed E-state index contributed by atoms with van der Waals surface area (Å²) in [6.45, 7) is 10.5. The smallest absolute Gasteiger partial charge is 0.250 e. The van der Waals surface area contributed by atoms with E-state index < -0.39 is 0 Å². The quantitative estimate of drug-likeness (QED) is 0.385. The highest BCUT2D eigenvalue weighted by molar-refractivity contribution is 5.78. The normalized spacial score (nSPS) is 19.0. The molecule has 1 saturated heterocycles. The van der Waals surface area contributed by atoms with E-state index in [1.54, 1.807) is 16.7 Å². The standard InChI is InChI=1S/C30H43N3O4/c1-4-5-14-31(16-8-9-23(2)3)30(35)21-33-20-25(24-11-12-27-28(19-24)37-22-36-27)18-26(33)13-17-32-15-7-6-10-29(32)34/h6-7,10-12,15,19,23,25-26H,4-5,8-9,13-14,16-18,20-22H2,1-3H3. The molecule has 2 aliphatic rings. The fourth-order valence-corrected chi connectivity index (χ4v) is 5.49. The maximum absolute atomic E-state index is 13.5. The molecule has 7 heteroatoms. The van der Waals surface area contributed by atoms with Gasteiger partial charge in [0.1, 0.15) is 0 Å². The summed E-state index contributed by atoms with van der Waals surface area (Å²) in [4.78, 5) is 30.3. The predicted molar refractivity (Wildman–Crippen MR) is 146 cm³/mol. The van der Waals surface area contributed by atoms with Crippen LogP contribution in [-0.2, 0) is 11.3 Å². The average molecular weight is 510 g/mol. The van der Waals surface area contributed by atoms with Gasteiger partial charge < -0.3 is 18.9 Å². The summed E-state index contributed by atoms with van der Waals surface area (Å²) >= 11 is 0. The van der Waals surface area contributed by atoms with Crippen LogP contribution in [0.15, 0.2) is 47.4 Å². The zero-order valence-electron chi connectivity index (χ0n) is 22.7. The number of rotatable bonds is 13. The molecule has 7 nitrogen and oxygen atoms in total. The van der Waals surface area contributed by atoms with E-state index >= 15 is 0 Å². The Morgan fingerprint density at radius 3 is 2.70 bits per heavy atom. The molecule has 2 atom stereocenters. The number of aromatic nitrogens is 1. The molecule has 2 unspecified atom stereocenters. The molecule has 0 bridgehead atoms. The Hall–Kier alpha value is -2.80. The van der Waals surface area contributed by atoms with Crippen molar-refractivity contribution in [3.05, 3.63) is 58.5 Å². The lowest BCUT2D eigenvalue weighted by atomic mass is 9.95. The highest BCUT2D eigenvalue weighted by Crippen LogP contribution is 2.39. The van der Waals surface area contributed by atoms with E-state index in [0.717, 1.165) is 69.7 Å². The van der Waals surface area contributed by atoms with Gasteiger partial charge in [0.15, 0.2) is 11.5 Å². The summed E-state index contributed by atoms with van der Waals surface area (Å²) in [6, 6.07) is 11.7. The summed E-state index contributed by atoms with van der Waals surface area (Å²) in [5, 5.41) is 0. The first-order valence-electron chi connectivity index (χ1n) is 14.0. The number of hydrogen-bond acceptors (Lipinski definition) is 5. The maximum Gasteiger partial charge on any atom is 0.250 e. The Morgan fingerprint density at radius 2 is 1.92 bits per heavy atom. The summed E-state index contributed by atoms with van der Waals surface area (Å²) in [5.74, 6) is 2.78. The van der Waals surface area contributed by atoms with E-state index in [1.165, 1.54) is 5.56 Å². The number of ether oxygens (including phenoxy) is 2. The number of likely N-dealkylation sites (tertiary alicyclic amines) is 1. The number of carbonyl (C=O) groups excluding carboxylic acids is 1. The van der Waals surface area contributed by atoms with Gasteiger partial charge in [-0.25, -0.2) is 0 Å². The van der Waals surface area contributed by atoms with Gasteiger partial charge in [-0.15, -0.1) is 0 Å². The highest BCUT2D eigenvalue weighted by atomic mass is 16.7. The van der Waals surface area contributed by atoms with Crippen molar-refractivity contribution in [3.8, 4) is 11.5 Å². The molecule has 3 heterocycles. The minimum absolute atomic E-state index is 0.0198. The Labute approximate surface area is 221 Å². The van der Waals surface area contributed by atoms with Crippen LogP contribution in [0.4, 0.5) is 0 Å². The molecule has 0 radical (unpaired) electrons. The number of aryl methyl sites for hydroxylation is 1. The number of fused-ring (bicyclic) bond motifs is 1. The van der Waals surface area contributed by atoms with Crippen molar-refractivity contribution in [1.29, 1.82) is 0 Å². The molecule has 202 valence electrons. The van der Waals surface area contributed by atoms with E-state index in [2.05, 4.69) is 42.7 Å². The van der Waals surface area contributed by atoms with Crippen molar-refractivity contribution in [2.75, 3.05) is 33.0 Å². The summed E-state index contributed by atoms with van der Waals surface area (Å²) < 4.78 is 12.9. The second-order valence-corrected chi connectivity index (χ2v) is 10.9. The number of carbonyl (C=O) groups is 1. The molecule has 2 aromatic rings. The van der Waals surface area contributed by atoms with Gasteiger partial charge in [0.25, 0.3) is 0 Å². The molecule has 4 rings (SSSR count). The monoisotopic (exact) mass is 509 g/mol. The molecule has 0 saturated carbocycles. The minimum Gasteiger partial charge on any atom is -0.454 e. The summed E-state index contributed by atoms with van der Waals surface area (Å²) in [6.07, 6.45) is 7.94. The van der Waals surface area contributed by atoms with Gasteiger partial charge >= 0.3 is 0 Å². The van der Waals surface area contributed by atoms with Crippen LogP contribution < -0.4 is 15.0 Å². The molecule has 1 amide bonds. The topological polar surface area (TPSA) is 64.0 Å². The number of benzene rings is 1. The van der Waals surface area contributed by atoms with Crippen molar-refractivity contribution < 1.29 is 14.3 Å². The van der Waals surface area contributed by atoms with Gasteiger partial charge in [-0.3, -0.25) is 14.5 Å². The second kappa shape index (κ2) is 13.1. The fraction of sp³-hybridized carbons (Fsp3) is 0.600. The van der Waals surface area contributed by atoms with Crippen LogP contribution in [0.3, 0.4) is 0 Å². The van der Waals surface area contributed by atoms with E-state index in [9.17, 15) is 9.59 Å². The number of nitrogens with zero attached hydrogens (tertiary/aromatic N) is 3. The fourth-order valence-electron chi connectivity index (χ4n) is 5.49. The SMILES string of the molecule is CCCCN(CCCC(C)C)C(=O)CN1CC(c2ccc3c(c2)OCO3)CC1CCn1ccccc1=O. The molecule has 37 heavy (non-hydrogen) atoms. The number of hydrogen-bond donors (Lipinski definition) is 0. The molecule has 0 N–H and O–H groups in total. The lowest BCUT2D eigenvalue weighted by Crippen LogP contribution is -2.43. The minimum atomic E-state index is 0.0198. The first-order chi connectivity index (χ1) is 17.9. The van der Waals surface area contributed by atoms with Gasteiger partial charge in [-0.05, 0) is 67.7 Å². The Kier molecular flexibility index (Phi) is 9.67. The van der Waals surface area contributed by atoms with Crippen LogP contribution in [0.2, 0.25) is 0 Å². The Morgan fingerprint density at radius 1 is 1.11 bits per heavy atom. The maximum atomic E-state index is 13.5. The van der Waals surface area contributed by atoms with Crippen LogP contribution in [0, 0.1) is 5.92 Å². The largest absolute Gasteiger partial charge is 0.454 e. The third-order valence-corrected chi connectivity index (χ3v) is 7.68. The van der Waals surface area contributed by atoms with Crippen LogP contribution >= 0.6 is 0 Å². The van der Waals surface area contributed by atoms with E-state index in [0.29, 0.717) is 24.9 Å². The van der Waals surface area contributed by atoms with Crippen molar-refractivity contribution in [3.63, 3.8) is 0 Å². The Balaban J connectivity index is 1.47. The molecule has 2 aliphatic heterocycles. The van der Waals surface area contributed by atoms with Crippen molar-refractivity contribution in [2.45, 2.75) is 77.8 Å². The van der Waals surface area contributed by atoms with Gasteiger partial charge in [0, 0.05) is 44.5 Å². The van der Waals surface area contributed by atoms with E-state index in [1.807, 2.05) is 18.3 Å². The van der Waals surface area contributed by atoms with E-state index in [4.69, 9.17) is 9.47 Å². The van der Waals surface area contributed by atoms with Crippen LogP contribution in [0.5, 0.6) is 11.5 Å². The lowest BCUT2D eigenvalue weighted by molar-refractivity contribution is -0.132. The van der Waals surface area contributed by atoms with Crippen LogP contribution in [0.25, 0.3) is 0 Å².